The van der Waals surface area contributed by atoms with Crippen molar-refractivity contribution in [3.8, 4) is 23.0 Å². The topological polar surface area (TPSA) is 117 Å². The first-order valence-electron chi connectivity index (χ1n) is 10.7. The molecule has 0 unspecified atom stereocenters. The predicted octanol–water partition coefficient (Wildman–Crippen LogP) is 4.60. The summed E-state index contributed by atoms with van der Waals surface area (Å²) in [6, 6.07) is 13.2. The molecule has 1 amide bonds. The Morgan fingerprint density at radius 1 is 1.09 bits per heavy atom. The fourth-order valence-electron chi connectivity index (χ4n) is 3.24. The van der Waals surface area contributed by atoms with Gasteiger partial charge in [0.05, 0.1) is 37.6 Å². The fourth-order valence-corrected chi connectivity index (χ4v) is 4.18. The molecule has 1 fully saturated rings. The molecule has 2 aromatic carbocycles. The highest BCUT2D eigenvalue weighted by Gasteiger charge is 2.34. The molecule has 9 nitrogen and oxygen atoms in total. The van der Waals surface area contributed by atoms with E-state index in [1.54, 1.807) is 42.5 Å². The number of aromatic hydroxyl groups is 2. The summed E-state index contributed by atoms with van der Waals surface area (Å²) in [5.41, 5.74) is 1.36. The number of hydrogen-bond acceptors (Lipinski definition) is 9. The van der Waals surface area contributed by atoms with E-state index in [9.17, 15) is 15.0 Å². The number of thioether (sulfide) groups is 1. The van der Waals surface area contributed by atoms with Crippen LogP contribution in [0.15, 0.2) is 74.3 Å². The van der Waals surface area contributed by atoms with Crippen LogP contribution in [0.5, 0.6) is 23.0 Å². The highest BCUT2D eigenvalue weighted by Crippen LogP contribution is 2.35. The van der Waals surface area contributed by atoms with E-state index in [0.717, 1.165) is 0 Å². The number of nitrogens with zero attached hydrogens (tertiary/aromatic N) is 3. The Balaban J connectivity index is 1.62. The van der Waals surface area contributed by atoms with E-state index >= 15 is 0 Å². The molecule has 0 radical (unpaired) electrons. The third kappa shape index (κ3) is 5.67. The Labute approximate surface area is 206 Å². The average molecular weight is 494 g/mol. The third-order valence-corrected chi connectivity index (χ3v) is 5.91. The van der Waals surface area contributed by atoms with Gasteiger partial charge in [0, 0.05) is 0 Å². The lowest BCUT2D eigenvalue weighted by molar-refractivity contribution is -0.122. The third-order valence-electron chi connectivity index (χ3n) is 4.92. The Morgan fingerprint density at radius 2 is 1.83 bits per heavy atom. The van der Waals surface area contributed by atoms with Crippen LogP contribution in [0.25, 0.3) is 6.08 Å². The van der Waals surface area contributed by atoms with Gasteiger partial charge in [-0.2, -0.15) is 5.10 Å². The normalized spacial score (nSPS) is 16.1. The maximum atomic E-state index is 13.2. The summed E-state index contributed by atoms with van der Waals surface area (Å²) in [6.07, 6.45) is 4.75. The van der Waals surface area contributed by atoms with Crippen LogP contribution in [-0.2, 0) is 11.3 Å². The first-order chi connectivity index (χ1) is 17.0. The summed E-state index contributed by atoms with van der Waals surface area (Å²) in [6.45, 7) is 2.43. The smallest absolute Gasteiger partial charge is 0.267 e. The van der Waals surface area contributed by atoms with Crippen molar-refractivity contribution in [3.05, 3.63) is 76.6 Å². The van der Waals surface area contributed by atoms with E-state index in [1.807, 2.05) is 6.92 Å². The molecule has 0 atom stereocenters. The molecule has 4 rings (SSSR count). The van der Waals surface area contributed by atoms with Crippen LogP contribution in [-0.4, -0.2) is 46.1 Å². The van der Waals surface area contributed by atoms with Crippen molar-refractivity contribution in [3.63, 3.8) is 0 Å². The lowest BCUT2D eigenvalue weighted by Crippen LogP contribution is -2.28. The molecule has 180 valence electrons. The van der Waals surface area contributed by atoms with E-state index < -0.39 is 0 Å². The van der Waals surface area contributed by atoms with Crippen LogP contribution in [0.4, 0.5) is 0 Å². The second-order valence-corrected chi connectivity index (χ2v) is 8.31. The molecule has 1 saturated heterocycles. The highest BCUT2D eigenvalue weighted by atomic mass is 32.2. The summed E-state index contributed by atoms with van der Waals surface area (Å²) in [5, 5.41) is 28.5. The largest absolute Gasteiger partial charge is 0.504 e. The summed E-state index contributed by atoms with van der Waals surface area (Å²) in [4.78, 5) is 15.1. The summed E-state index contributed by atoms with van der Waals surface area (Å²) in [5.74, 6) is 1.05. The van der Waals surface area contributed by atoms with Gasteiger partial charge in [0.1, 0.15) is 5.76 Å². The van der Waals surface area contributed by atoms with Crippen molar-refractivity contribution in [2.45, 2.75) is 13.5 Å². The van der Waals surface area contributed by atoms with Gasteiger partial charge in [0.15, 0.2) is 28.2 Å². The number of amidine groups is 1. The zero-order valence-corrected chi connectivity index (χ0v) is 19.9. The SMILES string of the molecule is CCOc1cc(/C=N\N=C2\S/C(=C\c3ccc(O)c(OC)c3)C(=O)N2Cc2ccco2)ccc1O. The second-order valence-electron chi connectivity index (χ2n) is 7.30. The number of ether oxygens (including phenoxy) is 2. The van der Waals surface area contributed by atoms with Crippen molar-refractivity contribution in [2.75, 3.05) is 13.7 Å². The lowest BCUT2D eigenvalue weighted by atomic mass is 10.2. The molecule has 2 N–H and O–H groups in total. The van der Waals surface area contributed by atoms with Gasteiger partial charge < -0.3 is 24.1 Å². The minimum Gasteiger partial charge on any atom is -0.504 e. The van der Waals surface area contributed by atoms with E-state index in [4.69, 9.17) is 13.9 Å². The van der Waals surface area contributed by atoms with Gasteiger partial charge in [-0.25, -0.2) is 0 Å². The van der Waals surface area contributed by atoms with Crippen LogP contribution in [0.3, 0.4) is 0 Å². The van der Waals surface area contributed by atoms with Crippen molar-refractivity contribution in [1.82, 2.24) is 4.90 Å². The Kier molecular flexibility index (Phi) is 7.41. The standard InChI is InChI=1S/C25H23N3O6S/c1-3-33-22-12-17(7-9-20(22)30)14-26-27-25-28(15-18-5-4-10-34-18)24(31)23(35-25)13-16-6-8-19(29)21(11-16)32-2/h4-14,29-30H,3,15H2,1-2H3/b23-13-,26-14-,27-25+. The van der Waals surface area contributed by atoms with Crippen LogP contribution in [0.2, 0.25) is 0 Å². The molecule has 2 heterocycles. The predicted molar refractivity (Wildman–Crippen MR) is 134 cm³/mol. The van der Waals surface area contributed by atoms with Gasteiger partial charge in [0.2, 0.25) is 0 Å². The van der Waals surface area contributed by atoms with E-state index in [1.165, 1.54) is 48.4 Å². The van der Waals surface area contributed by atoms with Gasteiger partial charge >= 0.3 is 0 Å². The molecular weight excluding hydrogens is 470 g/mol. The average Bonchev–Trinajstić information content (AvgIpc) is 3.47. The van der Waals surface area contributed by atoms with Gasteiger partial charge in [-0.3, -0.25) is 9.69 Å². The quantitative estimate of drug-likeness (QED) is 0.267. The van der Waals surface area contributed by atoms with Crippen LogP contribution < -0.4 is 9.47 Å². The van der Waals surface area contributed by atoms with Gasteiger partial charge in [-0.1, -0.05) is 6.07 Å². The number of amides is 1. The Bertz CT molecular complexity index is 1300. The monoisotopic (exact) mass is 493 g/mol. The molecule has 1 aliphatic heterocycles. The fraction of sp³-hybridized carbons (Fsp3) is 0.160. The van der Waals surface area contributed by atoms with Crippen molar-refractivity contribution >= 4 is 35.1 Å². The van der Waals surface area contributed by atoms with Crippen LogP contribution in [0, 0.1) is 0 Å². The van der Waals surface area contributed by atoms with Gasteiger partial charge in [-0.05, 0) is 78.4 Å². The van der Waals surface area contributed by atoms with Crippen molar-refractivity contribution in [1.29, 1.82) is 0 Å². The Morgan fingerprint density at radius 3 is 2.54 bits per heavy atom. The number of benzene rings is 2. The summed E-state index contributed by atoms with van der Waals surface area (Å²) in [7, 11) is 1.46. The van der Waals surface area contributed by atoms with Crippen molar-refractivity contribution in [2.24, 2.45) is 10.2 Å². The van der Waals surface area contributed by atoms with Gasteiger partial charge in [-0.15, -0.1) is 5.10 Å². The number of rotatable bonds is 8. The number of phenolic OH excluding ortho intramolecular Hbond substituents is 2. The molecule has 0 bridgehead atoms. The van der Waals surface area contributed by atoms with Crippen LogP contribution >= 0.6 is 11.8 Å². The highest BCUT2D eigenvalue weighted by molar-refractivity contribution is 8.18. The number of carbonyl (C=O) groups excluding carboxylic acids is 1. The number of methoxy groups -OCH3 is 1. The first kappa shape index (κ1) is 24.0. The molecule has 3 aromatic rings. The molecule has 35 heavy (non-hydrogen) atoms. The minimum atomic E-state index is -0.254. The van der Waals surface area contributed by atoms with E-state index in [-0.39, 0.29) is 24.0 Å². The van der Waals surface area contributed by atoms with E-state index in [0.29, 0.717) is 45.1 Å². The number of furan rings is 1. The van der Waals surface area contributed by atoms with Crippen LogP contribution in [0.1, 0.15) is 23.8 Å². The molecule has 1 aliphatic rings. The maximum Gasteiger partial charge on any atom is 0.267 e. The van der Waals surface area contributed by atoms with E-state index in [2.05, 4.69) is 10.2 Å². The Hall–Kier alpha value is -4.18. The maximum absolute atomic E-state index is 13.2. The second kappa shape index (κ2) is 10.8. The number of hydrogen-bond donors (Lipinski definition) is 2. The molecule has 0 aliphatic carbocycles. The first-order valence-corrected chi connectivity index (χ1v) is 11.5. The molecule has 10 heteroatoms. The minimum absolute atomic E-state index is 0.0119. The molecule has 0 saturated carbocycles. The zero-order chi connectivity index (χ0) is 24.8. The lowest BCUT2D eigenvalue weighted by Gasteiger charge is -2.12. The number of carbonyl (C=O) groups is 1. The summed E-state index contributed by atoms with van der Waals surface area (Å²) >= 11 is 1.17. The van der Waals surface area contributed by atoms with Gasteiger partial charge in [0.25, 0.3) is 5.91 Å². The molecule has 0 spiro atoms. The zero-order valence-electron chi connectivity index (χ0n) is 19.0. The summed E-state index contributed by atoms with van der Waals surface area (Å²) < 4.78 is 16.0. The molecular formula is C25H23N3O6S. The molecule has 1 aromatic heterocycles. The van der Waals surface area contributed by atoms with Crippen molar-refractivity contribution < 1.29 is 28.9 Å². The number of phenols is 2.